The van der Waals surface area contributed by atoms with Crippen LogP contribution < -0.4 is 0 Å². The van der Waals surface area contributed by atoms with Gasteiger partial charge in [-0.05, 0) is 18.4 Å². The molecule has 0 saturated carbocycles. The van der Waals surface area contributed by atoms with Crippen molar-refractivity contribution in [3.05, 3.63) is 66.4 Å². The molecule has 0 aliphatic carbocycles. The zero-order valence-electron chi connectivity index (χ0n) is 9.72. The summed E-state index contributed by atoms with van der Waals surface area (Å²) in [6.07, 6.45) is 1.94. The highest BCUT2D eigenvalue weighted by atomic mass is 14.7. The van der Waals surface area contributed by atoms with Gasteiger partial charge in [0.05, 0.1) is 5.69 Å². The highest BCUT2D eigenvalue weighted by Crippen LogP contribution is 2.22. The number of nitrogens with zero attached hydrogens (tertiary/aromatic N) is 1. The summed E-state index contributed by atoms with van der Waals surface area (Å²) in [7, 11) is 0. The van der Waals surface area contributed by atoms with Crippen molar-refractivity contribution >= 4 is 10.8 Å². The van der Waals surface area contributed by atoms with Crippen molar-refractivity contribution in [1.29, 1.82) is 0 Å². The Kier molecular flexibility index (Phi) is 2.37. The molecule has 0 spiro atoms. The molecule has 1 heteroatoms. The number of aromatic nitrogens is 1. The molecule has 1 heterocycles. The third-order valence-corrected chi connectivity index (χ3v) is 2.95. The second-order valence-electron chi connectivity index (χ2n) is 4.29. The lowest BCUT2D eigenvalue weighted by Crippen LogP contribution is -1.84. The molecule has 0 radical (unpaired) electrons. The molecule has 3 rings (SSSR count). The zero-order valence-corrected chi connectivity index (χ0v) is 9.72. The van der Waals surface area contributed by atoms with Crippen LogP contribution in [-0.2, 0) is 0 Å². The smallest absolute Gasteiger partial charge is 0.0708 e. The van der Waals surface area contributed by atoms with Crippen LogP contribution in [0.25, 0.3) is 22.0 Å². The highest BCUT2D eigenvalue weighted by Gasteiger charge is 2.00. The monoisotopic (exact) mass is 219 g/mol. The lowest BCUT2D eigenvalue weighted by molar-refractivity contribution is 1.35. The molecule has 0 amide bonds. The van der Waals surface area contributed by atoms with Gasteiger partial charge in [0, 0.05) is 17.1 Å². The van der Waals surface area contributed by atoms with E-state index in [-0.39, 0.29) is 0 Å². The summed E-state index contributed by atoms with van der Waals surface area (Å²) in [5.74, 6) is 0. The Labute approximate surface area is 101 Å². The van der Waals surface area contributed by atoms with Crippen LogP contribution in [0.1, 0.15) is 5.56 Å². The Morgan fingerprint density at radius 1 is 0.824 bits per heavy atom. The minimum absolute atomic E-state index is 1.03. The third kappa shape index (κ3) is 1.92. The second kappa shape index (κ2) is 4.02. The average Bonchev–Trinajstić information content (AvgIpc) is 2.39. The molecule has 17 heavy (non-hydrogen) atoms. The van der Waals surface area contributed by atoms with Crippen LogP contribution >= 0.6 is 0 Å². The zero-order chi connectivity index (χ0) is 11.7. The molecule has 1 nitrogen and oxygen atoms in total. The molecule has 0 fully saturated rings. The quantitative estimate of drug-likeness (QED) is 0.597. The summed E-state index contributed by atoms with van der Waals surface area (Å²) in [6, 6.07) is 18.9. The molecule has 0 bridgehead atoms. The molecule has 0 saturated heterocycles. The van der Waals surface area contributed by atoms with Gasteiger partial charge in [0.25, 0.3) is 0 Å². The van der Waals surface area contributed by atoms with Crippen molar-refractivity contribution in [2.45, 2.75) is 6.92 Å². The summed E-state index contributed by atoms with van der Waals surface area (Å²) in [5, 5.41) is 2.44. The van der Waals surface area contributed by atoms with E-state index in [1.54, 1.807) is 0 Å². The number of hydrogen-bond donors (Lipinski definition) is 0. The summed E-state index contributed by atoms with van der Waals surface area (Å²) in [4.78, 5) is 4.51. The minimum Gasteiger partial charge on any atom is -0.256 e. The van der Waals surface area contributed by atoms with E-state index in [0.717, 1.165) is 11.3 Å². The predicted octanol–water partition coefficient (Wildman–Crippen LogP) is 4.21. The largest absolute Gasteiger partial charge is 0.256 e. The Morgan fingerprint density at radius 2 is 1.65 bits per heavy atom. The molecule has 0 N–H and O–H groups in total. The van der Waals surface area contributed by atoms with Crippen molar-refractivity contribution in [3.8, 4) is 11.3 Å². The van der Waals surface area contributed by atoms with Crippen molar-refractivity contribution in [1.82, 2.24) is 4.98 Å². The number of hydrogen-bond acceptors (Lipinski definition) is 1. The fourth-order valence-corrected chi connectivity index (χ4v) is 2.03. The van der Waals surface area contributed by atoms with Crippen molar-refractivity contribution in [2.75, 3.05) is 0 Å². The van der Waals surface area contributed by atoms with E-state index >= 15 is 0 Å². The molecule has 0 unspecified atom stereocenters. The maximum atomic E-state index is 4.51. The fourth-order valence-electron chi connectivity index (χ4n) is 2.03. The van der Waals surface area contributed by atoms with Gasteiger partial charge in [-0.25, -0.2) is 0 Å². The molecular formula is C16H13N. The number of aryl methyl sites for hydroxylation is 1. The first-order valence-electron chi connectivity index (χ1n) is 5.75. The van der Waals surface area contributed by atoms with E-state index in [1.165, 1.54) is 16.3 Å². The van der Waals surface area contributed by atoms with Gasteiger partial charge in [0.1, 0.15) is 0 Å². The SMILES string of the molecule is Cc1ccc2cnc(-c3ccccc3)cc2c1. The third-order valence-electron chi connectivity index (χ3n) is 2.95. The van der Waals surface area contributed by atoms with Crippen LogP contribution in [0, 0.1) is 6.92 Å². The van der Waals surface area contributed by atoms with Crippen molar-refractivity contribution in [2.24, 2.45) is 0 Å². The van der Waals surface area contributed by atoms with E-state index in [1.807, 2.05) is 24.4 Å². The van der Waals surface area contributed by atoms with Crippen LogP contribution in [-0.4, -0.2) is 4.98 Å². The Hall–Kier alpha value is -2.15. The Bertz CT molecular complexity index is 657. The number of rotatable bonds is 1. The predicted molar refractivity (Wildman–Crippen MR) is 71.9 cm³/mol. The van der Waals surface area contributed by atoms with E-state index in [9.17, 15) is 0 Å². The summed E-state index contributed by atoms with van der Waals surface area (Å²) in [6.45, 7) is 2.11. The lowest BCUT2D eigenvalue weighted by atomic mass is 10.1. The number of pyridine rings is 1. The van der Waals surface area contributed by atoms with Gasteiger partial charge >= 0.3 is 0 Å². The molecule has 2 aromatic carbocycles. The van der Waals surface area contributed by atoms with Crippen LogP contribution in [0.15, 0.2) is 60.8 Å². The van der Waals surface area contributed by atoms with E-state index < -0.39 is 0 Å². The van der Waals surface area contributed by atoms with Crippen LogP contribution in [0.3, 0.4) is 0 Å². The van der Waals surface area contributed by atoms with Gasteiger partial charge in [-0.1, -0.05) is 54.1 Å². The Balaban J connectivity index is 2.19. The molecule has 1 aromatic heterocycles. The molecule has 3 aromatic rings. The van der Waals surface area contributed by atoms with E-state index in [4.69, 9.17) is 0 Å². The second-order valence-corrected chi connectivity index (χ2v) is 4.29. The van der Waals surface area contributed by atoms with Crippen LogP contribution in [0.5, 0.6) is 0 Å². The maximum Gasteiger partial charge on any atom is 0.0708 e. The summed E-state index contributed by atoms with van der Waals surface area (Å²) < 4.78 is 0. The molecule has 0 atom stereocenters. The van der Waals surface area contributed by atoms with Gasteiger partial charge in [-0.15, -0.1) is 0 Å². The highest BCUT2D eigenvalue weighted by molar-refractivity contribution is 5.85. The van der Waals surface area contributed by atoms with E-state index in [0.29, 0.717) is 0 Å². The molecular weight excluding hydrogens is 206 g/mol. The Morgan fingerprint density at radius 3 is 2.47 bits per heavy atom. The lowest BCUT2D eigenvalue weighted by Gasteiger charge is -2.03. The molecule has 82 valence electrons. The van der Waals surface area contributed by atoms with Gasteiger partial charge in [-0.3, -0.25) is 4.98 Å². The topological polar surface area (TPSA) is 12.9 Å². The van der Waals surface area contributed by atoms with Gasteiger partial charge in [0.15, 0.2) is 0 Å². The maximum absolute atomic E-state index is 4.51. The van der Waals surface area contributed by atoms with Crippen molar-refractivity contribution in [3.63, 3.8) is 0 Å². The first-order valence-corrected chi connectivity index (χ1v) is 5.75. The molecule has 0 aliphatic heterocycles. The van der Waals surface area contributed by atoms with E-state index in [2.05, 4.69) is 48.3 Å². The van der Waals surface area contributed by atoms with Crippen molar-refractivity contribution < 1.29 is 0 Å². The van der Waals surface area contributed by atoms with Gasteiger partial charge in [0.2, 0.25) is 0 Å². The molecule has 0 aliphatic rings. The van der Waals surface area contributed by atoms with Gasteiger partial charge in [-0.2, -0.15) is 0 Å². The van der Waals surface area contributed by atoms with Gasteiger partial charge < -0.3 is 0 Å². The summed E-state index contributed by atoms with van der Waals surface area (Å²) >= 11 is 0. The standard InChI is InChI=1S/C16H13N/c1-12-7-8-14-11-17-16(10-15(14)9-12)13-5-3-2-4-6-13/h2-11H,1H3. The normalized spacial score (nSPS) is 10.6. The number of benzene rings is 2. The minimum atomic E-state index is 1.03. The first kappa shape index (κ1) is 10.0. The average molecular weight is 219 g/mol. The summed E-state index contributed by atoms with van der Waals surface area (Å²) in [5.41, 5.74) is 3.47. The van der Waals surface area contributed by atoms with Crippen LogP contribution in [0.4, 0.5) is 0 Å². The fraction of sp³-hybridized carbons (Fsp3) is 0.0625. The number of fused-ring (bicyclic) bond motifs is 1. The first-order chi connectivity index (χ1) is 8.33. The van der Waals surface area contributed by atoms with Crippen LogP contribution in [0.2, 0.25) is 0 Å².